The summed E-state index contributed by atoms with van der Waals surface area (Å²) in [6, 6.07) is 17.7. The van der Waals surface area contributed by atoms with Gasteiger partial charge < -0.3 is 15.8 Å². The third-order valence-electron chi connectivity index (χ3n) is 5.23. The van der Waals surface area contributed by atoms with E-state index in [1.807, 2.05) is 37.3 Å². The molecule has 4 aromatic rings. The Balaban J connectivity index is 1.49. The van der Waals surface area contributed by atoms with Crippen molar-refractivity contribution in [1.29, 1.82) is 5.26 Å². The summed E-state index contributed by atoms with van der Waals surface area (Å²) in [6.45, 7) is 3.17. The number of hydrogen-bond acceptors (Lipinski definition) is 6. The first kappa shape index (κ1) is 22.0. The number of para-hydroxylation sites is 1. The van der Waals surface area contributed by atoms with Crippen LogP contribution in [0.1, 0.15) is 28.9 Å². The van der Waals surface area contributed by atoms with Gasteiger partial charge in [-0.25, -0.2) is 9.07 Å². The molecule has 0 bridgehead atoms. The van der Waals surface area contributed by atoms with Gasteiger partial charge in [0.1, 0.15) is 23.2 Å². The van der Waals surface area contributed by atoms with Crippen LogP contribution in [0, 0.1) is 24.1 Å². The molecule has 0 aliphatic carbocycles. The zero-order valence-electron chi connectivity index (χ0n) is 18.2. The number of anilines is 1. The molecule has 2 aromatic carbocycles. The van der Waals surface area contributed by atoms with E-state index in [-0.39, 0.29) is 11.6 Å². The van der Waals surface area contributed by atoms with Gasteiger partial charge in [0.15, 0.2) is 5.82 Å². The number of nitrogen functional groups attached to an aromatic ring is 1. The number of H-pyrrole nitrogens is 1. The fraction of sp³-hybridized carbons (Fsp3) is 0.208. The highest BCUT2D eigenvalue weighted by Gasteiger charge is 2.19. The number of nitrogens with two attached hydrogens (primary N) is 1. The minimum absolute atomic E-state index is 0.229. The molecule has 0 radical (unpaired) electrons. The van der Waals surface area contributed by atoms with Gasteiger partial charge in [-0.15, -0.1) is 0 Å². The molecule has 0 saturated heterocycles. The summed E-state index contributed by atoms with van der Waals surface area (Å²) >= 11 is 0. The minimum Gasteiger partial charge on any atom is -0.439 e. The van der Waals surface area contributed by atoms with Gasteiger partial charge in [-0.05, 0) is 62.7 Å². The van der Waals surface area contributed by atoms with Crippen LogP contribution in [-0.4, -0.2) is 26.5 Å². The topological polar surface area (TPSA) is 118 Å². The van der Waals surface area contributed by atoms with E-state index in [2.05, 4.69) is 26.7 Å². The lowest BCUT2D eigenvalue weighted by Gasteiger charge is -2.12. The molecule has 0 aliphatic rings. The van der Waals surface area contributed by atoms with Crippen molar-refractivity contribution >= 4 is 5.82 Å². The van der Waals surface area contributed by atoms with Gasteiger partial charge in [0.2, 0.25) is 5.88 Å². The molecule has 0 amide bonds. The number of nitrogens with one attached hydrogen (secondary N) is 2. The summed E-state index contributed by atoms with van der Waals surface area (Å²) in [4.78, 5) is 0. The summed E-state index contributed by atoms with van der Waals surface area (Å²) in [5.74, 6) is 1.00. The van der Waals surface area contributed by atoms with Gasteiger partial charge in [-0.2, -0.15) is 15.5 Å². The van der Waals surface area contributed by atoms with E-state index in [0.717, 1.165) is 29.1 Å². The Morgan fingerprint density at radius 3 is 2.67 bits per heavy atom. The van der Waals surface area contributed by atoms with Crippen molar-refractivity contribution in [2.45, 2.75) is 26.3 Å². The van der Waals surface area contributed by atoms with E-state index in [0.29, 0.717) is 36.7 Å². The van der Waals surface area contributed by atoms with Crippen LogP contribution in [0.5, 0.6) is 11.6 Å². The van der Waals surface area contributed by atoms with Crippen molar-refractivity contribution in [1.82, 2.24) is 25.3 Å². The fourth-order valence-electron chi connectivity index (χ4n) is 3.51. The Labute approximate surface area is 190 Å². The van der Waals surface area contributed by atoms with Crippen LogP contribution in [0.4, 0.5) is 10.2 Å². The molecule has 0 atom stereocenters. The van der Waals surface area contributed by atoms with Gasteiger partial charge >= 0.3 is 0 Å². The summed E-state index contributed by atoms with van der Waals surface area (Å²) in [6.07, 6.45) is 1.44. The first-order valence-electron chi connectivity index (χ1n) is 10.6. The molecule has 4 rings (SSSR count). The highest BCUT2D eigenvalue weighted by atomic mass is 19.1. The summed E-state index contributed by atoms with van der Waals surface area (Å²) in [7, 11) is 0. The normalized spacial score (nSPS) is 10.8. The SMILES string of the molecule is Cc1nn(-c2ccccc2)c(Oc2ccc(F)cc2)c1CNCCCc1[nH]nc(N)c1C#N. The molecule has 9 heteroatoms. The average molecular weight is 446 g/mol. The van der Waals surface area contributed by atoms with E-state index in [9.17, 15) is 9.65 Å². The Morgan fingerprint density at radius 1 is 1.18 bits per heavy atom. The van der Waals surface area contributed by atoms with Crippen molar-refractivity contribution in [2.24, 2.45) is 0 Å². The second-order valence-electron chi connectivity index (χ2n) is 7.53. The van der Waals surface area contributed by atoms with Crippen LogP contribution in [0.25, 0.3) is 5.69 Å². The standard InChI is InChI=1S/C24H24FN7O/c1-16-21(15-28-13-5-8-22-20(14-26)23(27)30-29-22)24(33-19-11-9-17(25)10-12-19)32(31-16)18-6-3-2-4-7-18/h2-4,6-7,9-12,28H,5,8,13,15H2,1H3,(H3,27,29,30). The summed E-state index contributed by atoms with van der Waals surface area (Å²) in [5.41, 5.74) is 9.44. The quantitative estimate of drug-likeness (QED) is 0.335. The number of benzene rings is 2. The number of aryl methyl sites for hydroxylation is 2. The number of halogens is 1. The molecule has 0 unspecified atom stereocenters. The van der Waals surface area contributed by atoms with Crippen molar-refractivity contribution < 1.29 is 9.13 Å². The lowest BCUT2D eigenvalue weighted by Crippen LogP contribution is -2.16. The average Bonchev–Trinajstić information content (AvgIpc) is 3.34. The van der Waals surface area contributed by atoms with Crippen molar-refractivity contribution in [3.05, 3.63) is 82.9 Å². The maximum atomic E-state index is 13.3. The Hall–Kier alpha value is -4.16. The maximum absolute atomic E-state index is 13.3. The van der Waals surface area contributed by atoms with E-state index in [4.69, 9.17) is 10.5 Å². The van der Waals surface area contributed by atoms with E-state index >= 15 is 0 Å². The molecule has 33 heavy (non-hydrogen) atoms. The predicted octanol–water partition coefficient (Wildman–Crippen LogP) is 4.01. The van der Waals surface area contributed by atoms with Crippen molar-refractivity contribution in [2.75, 3.05) is 12.3 Å². The molecule has 2 aromatic heterocycles. The maximum Gasteiger partial charge on any atom is 0.227 e. The molecule has 168 valence electrons. The van der Waals surface area contributed by atoms with Gasteiger partial charge in [-0.3, -0.25) is 5.10 Å². The van der Waals surface area contributed by atoms with Gasteiger partial charge in [-0.1, -0.05) is 18.2 Å². The number of aromatic amines is 1. The number of ether oxygens (including phenoxy) is 1. The second kappa shape index (κ2) is 9.97. The predicted molar refractivity (Wildman–Crippen MR) is 123 cm³/mol. The molecule has 8 nitrogen and oxygen atoms in total. The molecule has 4 N–H and O–H groups in total. The number of hydrogen-bond donors (Lipinski definition) is 3. The third kappa shape index (κ3) is 5.02. The van der Waals surface area contributed by atoms with Gasteiger partial charge in [0, 0.05) is 6.54 Å². The van der Waals surface area contributed by atoms with Crippen LogP contribution >= 0.6 is 0 Å². The van der Waals surface area contributed by atoms with E-state index in [1.165, 1.54) is 12.1 Å². The van der Waals surface area contributed by atoms with Gasteiger partial charge in [0.25, 0.3) is 0 Å². The molecule has 0 aliphatic heterocycles. The second-order valence-corrected chi connectivity index (χ2v) is 7.53. The number of nitriles is 1. The van der Waals surface area contributed by atoms with Crippen molar-refractivity contribution in [3.63, 3.8) is 0 Å². The molecular weight excluding hydrogens is 421 g/mol. The monoisotopic (exact) mass is 445 g/mol. The van der Waals surface area contributed by atoms with Crippen LogP contribution in [0.15, 0.2) is 54.6 Å². The van der Waals surface area contributed by atoms with Crippen LogP contribution < -0.4 is 15.8 Å². The van der Waals surface area contributed by atoms with Gasteiger partial charge in [0.05, 0.1) is 22.6 Å². The van der Waals surface area contributed by atoms with E-state index < -0.39 is 0 Å². The first-order valence-corrected chi connectivity index (χ1v) is 10.6. The minimum atomic E-state index is -0.324. The Morgan fingerprint density at radius 2 is 1.94 bits per heavy atom. The van der Waals surface area contributed by atoms with Crippen LogP contribution in [-0.2, 0) is 13.0 Å². The van der Waals surface area contributed by atoms with Crippen LogP contribution in [0.2, 0.25) is 0 Å². The molecule has 0 spiro atoms. The lowest BCUT2D eigenvalue weighted by atomic mass is 10.1. The summed E-state index contributed by atoms with van der Waals surface area (Å²) < 4.78 is 21.3. The molecular formula is C24H24FN7O. The summed E-state index contributed by atoms with van der Waals surface area (Å²) in [5, 5.41) is 24.0. The smallest absolute Gasteiger partial charge is 0.227 e. The number of nitrogens with zero attached hydrogens (tertiary/aromatic N) is 4. The largest absolute Gasteiger partial charge is 0.439 e. The highest BCUT2D eigenvalue weighted by molar-refractivity contribution is 5.50. The molecule has 2 heterocycles. The molecule has 0 saturated carbocycles. The van der Waals surface area contributed by atoms with E-state index in [1.54, 1.807) is 16.8 Å². The zero-order chi connectivity index (χ0) is 23.2. The zero-order valence-corrected chi connectivity index (χ0v) is 18.2. The third-order valence-corrected chi connectivity index (χ3v) is 5.23. The number of aromatic nitrogens is 4. The Bertz CT molecular complexity index is 1260. The molecule has 0 fully saturated rings. The van der Waals surface area contributed by atoms with Crippen molar-refractivity contribution in [3.8, 4) is 23.4 Å². The first-order chi connectivity index (χ1) is 16.1. The highest BCUT2D eigenvalue weighted by Crippen LogP contribution is 2.30. The fourth-order valence-corrected chi connectivity index (χ4v) is 3.51. The lowest BCUT2D eigenvalue weighted by molar-refractivity contribution is 0.435. The van der Waals surface area contributed by atoms with Crippen LogP contribution in [0.3, 0.4) is 0 Å². The Kier molecular flexibility index (Phi) is 6.66. The number of rotatable bonds is 9.